The molecule has 0 N–H and O–H groups in total. The lowest BCUT2D eigenvalue weighted by molar-refractivity contribution is -0.384. The van der Waals surface area contributed by atoms with Gasteiger partial charge in [-0.25, -0.2) is 0 Å². The third kappa shape index (κ3) is 18.6. The van der Waals surface area contributed by atoms with E-state index in [1.807, 2.05) is 12.1 Å². The Morgan fingerprint density at radius 3 is 1.33 bits per heavy atom. The Bertz CT molecular complexity index is 909. The van der Waals surface area contributed by atoms with Crippen molar-refractivity contribution in [2.24, 2.45) is 0 Å². The lowest BCUT2D eigenvalue weighted by Gasteiger charge is -2.09. The van der Waals surface area contributed by atoms with Gasteiger partial charge in [-0.1, -0.05) is 51.2 Å². The van der Waals surface area contributed by atoms with Crippen LogP contribution in [0.25, 0.3) is 0 Å². The monoisotopic (exact) mass is 591 g/mol. The normalized spacial score (nSPS) is 11.1. The molecule has 0 heterocycles. The maximum Gasteiger partial charge on any atom is 0.269 e. The number of hydrogen-bond acceptors (Lipinski definition) is 9. The highest BCUT2D eigenvalue weighted by atomic mass is 16.6. The highest BCUT2D eigenvalue weighted by Gasteiger charge is 2.04. The second-order valence-corrected chi connectivity index (χ2v) is 9.67. The fourth-order valence-electron chi connectivity index (χ4n) is 3.94. The fraction of sp³-hybridized carbons (Fsp3) is 0.625. The van der Waals surface area contributed by atoms with Crippen LogP contribution < -0.4 is 9.47 Å². The summed E-state index contributed by atoms with van der Waals surface area (Å²) in [5.41, 5.74) is 1.40. The van der Waals surface area contributed by atoms with Crippen molar-refractivity contribution < 1.29 is 38.1 Å². The maximum atomic E-state index is 10.6. The van der Waals surface area contributed by atoms with Crippen LogP contribution in [0.4, 0.5) is 5.69 Å². The van der Waals surface area contributed by atoms with Crippen molar-refractivity contribution in [1.29, 1.82) is 0 Å². The lowest BCUT2D eigenvalue weighted by atomic mass is 10.0. The minimum Gasteiger partial charge on any atom is -0.491 e. The molecule has 0 spiro atoms. The summed E-state index contributed by atoms with van der Waals surface area (Å²) in [4.78, 5) is 10.2. The summed E-state index contributed by atoms with van der Waals surface area (Å²) in [6, 6.07) is 14.3. The standard InChI is InChI=1S/C32H49NO9/c1-2-3-4-5-6-7-8-29-9-13-31(14-10-29)41-27-25-39-23-21-37-19-17-36-18-20-38-22-24-40-26-28-42-32-15-11-30(12-16-32)33(34)35/h9-16H,2-8,17-28H2,1H3. The van der Waals surface area contributed by atoms with E-state index in [0.29, 0.717) is 85.0 Å². The van der Waals surface area contributed by atoms with Crippen LogP contribution in [0, 0.1) is 10.1 Å². The largest absolute Gasteiger partial charge is 0.491 e. The molecule has 0 radical (unpaired) electrons. The molecule has 0 saturated carbocycles. The van der Waals surface area contributed by atoms with E-state index in [4.69, 9.17) is 33.2 Å². The van der Waals surface area contributed by atoms with Gasteiger partial charge in [-0.3, -0.25) is 10.1 Å². The van der Waals surface area contributed by atoms with Gasteiger partial charge < -0.3 is 33.2 Å². The van der Waals surface area contributed by atoms with Crippen LogP contribution in [0.15, 0.2) is 48.5 Å². The number of non-ortho nitro benzene ring substituents is 1. The average molecular weight is 592 g/mol. The van der Waals surface area contributed by atoms with E-state index < -0.39 is 4.92 Å². The zero-order valence-corrected chi connectivity index (χ0v) is 25.2. The molecular formula is C32H49NO9. The van der Waals surface area contributed by atoms with Crippen molar-refractivity contribution in [3.63, 3.8) is 0 Å². The van der Waals surface area contributed by atoms with E-state index in [1.54, 1.807) is 12.1 Å². The summed E-state index contributed by atoms with van der Waals surface area (Å²) in [6.07, 6.45) is 9.06. The van der Waals surface area contributed by atoms with Gasteiger partial charge in [0.2, 0.25) is 0 Å². The van der Waals surface area contributed by atoms with Gasteiger partial charge in [-0.05, 0) is 42.7 Å². The van der Waals surface area contributed by atoms with Crippen LogP contribution in [-0.2, 0) is 30.1 Å². The topological polar surface area (TPSA) is 108 Å². The average Bonchev–Trinajstić information content (AvgIpc) is 3.01. The molecule has 2 rings (SSSR count). The number of ether oxygens (including phenoxy) is 7. The summed E-state index contributed by atoms with van der Waals surface area (Å²) < 4.78 is 38.7. The summed E-state index contributed by atoms with van der Waals surface area (Å²) in [6.45, 7) is 7.95. The number of nitro groups is 1. The van der Waals surface area contributed by atoms with E-state index in [1.165, 1.54) is 56.2 Å². The Morgan fingerprint density at radius 2 is 0.905 bits per heavy atom. The predicted octanol–water partition coefficient (Wildman–Crippen LogP) is 6.04. The number of aryl methyl sites for hydroxylation is 1. The van der Waals surface area contributed by atoms with Crippen LogP contribution in [0.1, 0.15) is 51.0 Å². The first-order valence-corrected chi connectivity index (χ1v) is 15.2. The van der Waals surface area contributed by atoms with Gasteiger partial charge in [0, 0.05) is 12.1 Å². The van der Waals surface area contributed by atoms with Gasteiger partial charge in [-0.15, -0.1) is 0 Å². The number of rotatable bonds is 28. The number of nitrogens with zero attached hydrogens (tertiary/aromatic N) is 1. The van der Waals surface area contributed by atoms with Crippen LogP contribution in [0.5, 0.6) is 11.5 Å². The van der Waals surface area contributed by atoms with E-state index >= 15 is 0 Å². The highest BCUT2D eigenvalue weighted by Crippen LogP contribution is 2.17. The molecule has 2 aromatic rings. The molecule has 10 heteroatoms. The van der Waals surface area contributed by atoms with Gasteiger partial charge in [0.05, 0.1) is 71.0 Å². The Morgan fingerprint density at radius 1 is 0.524 bits per heavy atom. The third-order valence-corrected chi connectivity index (χ3v) is 6.27. The summed E-state index contributed by atoms with van der Waals surface area (Å²) in [7, 11) is 0. The van der Waals surface area contributed by atoms with Gasteiger partial charge >= 0.3 is 0 Å². The maximum absolute atomic E-state index is 10.6. The molecule has 0 amide bonds. The Hall–Kier alpha value is -2.76. The SMILES string of the molecule is CCCCCCCCc1ccc(OCCOCCOCCOCCOCCOCCOc2ccc([N+](=O)[O-])cc2)cc1. The van der Waals surface area contributed by atoms with Crippen LogP contribution in [0.2, 0.25) is 0 Å². The molecule has 0 aromatic heterocycles. The number of hydrogen-bond donors (Lipinski definition) is 0. The molecule has 0 saturated heterocycles. The molecule has 10 nitrogen and oxygen atoms in total. The molecule has 0 aliphatic heterocycles. The van der Waals surface area contributed by atoms with Crippen LogP contribution in [0.3, 0.4) is 0 Å². The Kier molecular flexibility index (Phi) is 20.9. The molecule has 0 aliphatic rings. The smallest absolute Gasteiger partial charge is 0.269 e. The summed E-state index contributed by atoms with van der Waals surface area (Å²) in [5.74, 6) is 1.44. The molecule has 236 valence electrons. The van der Waals surface area contributed by atoms with Gasteiger partial charge in [-0.2, -0.15) is 0 Å². The molecular weight excluding hydrogens is 542 g/mol. The lowest BCUT2D eigenvalue weighted by Crippen LogP contribution is -2.15. The number of benzene rings is 2. The van der Waals surface area contributed by atoms with Gasteiger partial charge in [0.25, 0.3) is 5.69 Å². The van der Waals surface area contributed by atoms with E-state index in [2.05, 4.69) is 19.1 Å². The molecule has 0 unspecified atom stereocenters. The van der Waals surface area contributed by atoms with Crippen LogP contribution >= 0.6 is 0 Å². The van der Waals surface area contributed by atoms with Crippen molar-refractivity contribution >= 4 is 5.69 Å². The van der Waals surface area contributed by atoms with Crippen molar-refractivity contribution in [3.8, 4) is 11.5 Å². The number of unbranched alkanes of at least 4 members (excludes halogenated alkanes) is 5. The second kappa shape index (κ2) is 24.8. The predicted molar refractivity (Wildman–Crippen MR) is 162 cm³/mol. The fourth-order valence-corrected chi connectivity index (χ4v) is 3.94. The first kappa shape index (κ1) is 35.4. The first-order valence-electron chi connectivity index (χ1n) is 15.2. The highest BCUT2D eigenvalue weighted by molar-refractivity contribution is 5.35. The molecule has 2 aromatic carbocycles. The minimum atomic E-state index is -0.446. The Balaban J connectivity index is 1.27. The van der Waals surface area contributed by atoms with E-state index in [0.717, 1.165) is 12.2 Å². The summed E-state index contributed by atoms with van der Waals surface area (Å²) >= 11 is 0. The van der Waals surface area contributed by atoms with Gasteiger partial charge in [0.15, 0.2) is 0 Å². The van der Waals surface area contributed by atoms with Crippen molar-refractivity contribution in [2.75, 3.05) is 79.3 Å². The molecule has 0 bridgehead atoms. The molecule has 0 atom stereocenters. The number of nitro benzene ring substituents is 1. The van der Waals surface area contributed by atoms with Crippen molar-refractivity contribution in [2.45, 2.75) is 51.9 Å². The molecule has 42 heavy (non-hydrogen) atoms. The zero-order valence-electron chi connectivity index (χ0n) is 25.2. The molecule has 0 aliphatic carbocycles. The minimum absolute atomic E-state index is 0.0324. The quantitative estimate of drug-likeness (QED) is 0.0665. The third-order valence-electron chi connectivity index (χ3n) is 6.27. The van der Waals surface area contributed by atoms with Crippen LogP contribution in [-0.4, -0.2) is 84.2 Å². The van der Waals surface area contributed by atoms with E-state index in [-0.39, 0.29) is 5.69 Å². The van der Waals surface area contributed by atoms with Crippen molar-refractivity contribution in [1.82, 2.24) is 0 Å². The van der Waals surface area contributed by atoms with E-state index in [9.17, 15) is 10.1 Å². The van der Waals surface area contributed by atoms with Gasteiger partial charge in [0.1, 0.15) is 24.7 Å². The second-order valence-electron chi connectivity index (χ2n) is 9.67. The van der Waals surface area contributed by atoms with Crippen molar-refractivity contribution in [3.05, 3.63) is 64.2 Å². The summed E-state index contributed by atoms with van der Waals surface area (Å²) in [5, 5.41) is 10.6. The Labute approximate surface area is 250 Å². The first-order chi connectivity index (χ1) is 20.7. The zero-order chi connectivity index (χ0) is 29.9. The molecule has 0 fully saturated rings.